The Morgan fingerprint density at radius 3 is 2.00 bits per heavy atom. The topological polar surface area (TPSA) is 3.24 Å². The van der Waals surface area contributed by atoms with Crippen molar-refractivity contribution in [1.29, 1.82) is 0 Å². The molecule has 0 aromatic heterocycles. The molecule has 0 saturated heterocycles. The Morgan fingerprint density at radius 1 is 0.613 bits per heavy atom. The number of anilines is 3. The molecule has 0 aliphatic heterocycles. The second kappa shape index (κ2) is 22.9. The average Bonchev–Trinajstić information content (AvgIpc) is 3.66. The van der Waals surface area contributed by atoms with E-state index in [4.69, 9.17) is 0 Å². The van der Waals surface area contributed by atoms with Crippen molar-refractivity contribution in [3.8, 4) is 11.1 Å². The molecule has 1 heteroatoms. The van der Waals surface area contributed by atoms with E-state index in [0.717, 1.165) is 12.8 Å². The molecule has 75 heavy (non-hydrogen) atoms. The van der Waals surface area contributed by atoms with Crippen molar-refractivity contribution in [2.45, 2.75) is 139 Å². The predicted molar refractivity (Wildman–Crippen MR) is 329 cm³/mol. The van der Waals surface area contributed by atoms with Gasteiger partial charge >= 0.3 is 0 Å². The van der Waals surface area contributed by atoms with Crippen LogP contribution in [0.1, 0.15) is 155 Å². The Balaban J connectivity index is 0.000000207. The fourth-order valence-electron chi connectivity index (χ4n) is 12.4. The van der Waals surface area contributed by atoms with Gasteiger partial charge in [-0.25, -0.2) is 0 Å². The fraction of sp³-hybridized carbons (Fsp3) is 0.297. The lowest BCUT2D eigenvalue weighted by Gasteiger charge is -2.31. The highest BCUT2D eigenvalue weighted by Gasteiger charge is 2.38. The second-order valence-corrected chi connectivity index (χ2v) is 22.8. The Labute approximate surface area is 451 Å². The minimum Gasteiger partial charge on any atom is -0.310 e. The Morgan fingerprint density at radius 2 is 1.28 bits per heavy atom. The first-order valence-electron chi connectivity index (χ1n) is 28.1. The molecule has 0 bridgehead atoms. The zero-order valence-corrected chi connectivity index (χ0v) is 47.3. The number of benzene rings is 8. The summed E-state index contributed by atoms with van der Waals surface area (Å²) in [6, 6.07) is 57.0. The number of allylic oxidation sites excluding steroid dienone is 8. The summed E-state index contributed by atoms with van der Waals surface area (Å²) in [5, 5.41) is 5.28. The van der Waals surface area contributed by atoms with Gasteiger partial charge in [0, 0.05) is 22.2 Å². The first kappa shape index (κ1) is 52.9. The summed E-state index contributed by atoms with van der Waals surface area (Å²) in [5.74, 6) is 1.25. The van der Waals surface area contributed by atoms with Crippen LogP contribution in [-0.2, 0) is 5.41 Å². The van der Waals surface area contributed by atoms with E-state index >= 15 is 0 Å². The third-order valence-electron chi connectivity index (χ3n) is 16.6. The highest BCUT2D eigenvalue weighted by atomic mass is 15.1. The van der Waals surface area contributed by atoms with Crippen molar-refractivity contribution in [1.82, 2.24) is 0 Å². The van der Waals surface area contributed by atoms with Crippen molar-refractivity contribution < 1.29 is 0 Å². The van der Waals surface area contributed by atoms with E-state index in [1.807, 2.05) is 0 Å². The highest BCUT2D eigenvalue weighted by Crippen LogP contribution is 2.55. The van der Waals surface area contributed by atoms with Crippen LogP contribution in [0.3, 0.4) is 0 Å². The Kier molecular flexibility index (Phi) is 16.1. The molecule has 1 unspecified atom stereocenters. The second-order valence-electron chi connectivity index (χ2n) is 22.8. The molecule has 3 aliphatic rings. The van der Waals surface area contributed by atoms with Gasteiger partial charge < -0.3 is 4.90 Å². The monoisotopic (exact) mass is 984 g/mol. The Hall–Kier alpha value is -6.96. The van der Waals surface area contributed by atoms with Crippen molar-refractivity contribution >= 4 is 49.8 Å². The van der Waals surface area contributed by atoms with Gasteiger partial charge in [0.15, 0.2) is 0 Å². The number of fused-ring (bicyclic) bond motifs is 6. The van der Waals surface area contributed by atoms with Gasteiger partial charge in [0.05, 0.1) is 5.69 Å². The number of aryl methyl sites for hydroxylation is 5. The predicted octanol–water partition coefficient (Wildman–Crippen LogP) is 21.9. The third kappa shape index (κ3) is 11.2. The summed E-state index contributed by atoms with van der Waals surface area (Å²) in [6.45, 7) is 26.9. The van der Waals surface area contributed by atoms with Crippen LogP contribution >= 0.6 is 0 Å². The van der Waals surface area contributed by atoms with E-state index < -0.39 is 0 Å². The van der Waals surface area contributed by atoms with E-state index in [9.17, 15) is 0 Å². The van der Waals surface area contributed by atoms with Gasteiger partial charge in [0.25, 0.3) is 0 Å². The average molecular weight is 984 g/mol. The molecule has 382 valence electrons. The molecule has 3 aliphatic carbocycles. The lowest BCUT2D eigenvalue weighted by molar-refractivity contribution is 0.443. The quantitative estimate of drug-likeness (QED) is 0.137. The largest absolute Gasteiger partial charge is 0.310 e. The number of hydrogen-bond acceptors (Lipinski definition) is 1. The minimum absolute atomic E-state index is 0.0979. The molecule has 0 heterocycles. The van der Waals surface area contributed by atoms with Crippen LogP contribution in [0.2, 0.25) is 0 Å². The summed E-state index contributed by atoms with van der Waals surface area (Å²) < 4.78 is 0. The van der Waals surface area contributed by atoms with Crippen LogP contribution in [0.5, 0.6) is 0 Å². The summed E-state index contributed by atoms with van der Waals surface area (Å²) in [7, 11) is 0. The molecule has 1 nitrogen and oxygen atoms in total. The van der Waals surface area contributed by atoms with Crippen molar-refractivity contribution in [3.05, 3.63) is 243 Å². The standard InChI is InChI=1S/C47H49N.C16H22.C11H10/c1-30-19-22-38(32(3)25-30)39-24-21-37(27-33(39)4)48(36-16-12-15-35(28-36)34-13-8-7-9-14-34)45-29-44-46(41-18-11-10-17-40(41)45)42-23-20-31(2)26-43(42)47(44,5)6;1-6-8-15(13(4)7-2)16-10-9-12(3)11-14(16)5;1-9-6-7-10-4-2-3-5-11(10)8-9/h10-12,15-24,26-30,34H,7-9,13-14,25H2,1-6H3;6,8-11H,7H2,1-5H3;2-8H,1H3/b;8-6-,15-13+;. The SMILES string of the molecule is C/C=C\C(=C(\C)CC)c1ccc(C)cc1C.CC1=C(c2ccc(N(c3cccc(C4CCCCC4)c3)c3cc4c(c5ccccc35)-c3ccc(C)cc3C4(C)C)cc2C)C=CC(C)C1.Cc1ccc2ccccc2c1. The van der Waals surface area contributed by atoms with Crippen LogP contribution < -0.4 is 4.90 Å². The molecule has 0 amide bonds. The smallest absolute Gasteiger partial charge is 0.0543 e. The maximum Gasteiger partial charge on any atom is 0.0543 e. The molecule has 1 saturated carbocycles. The van der Waals surface area contributed by atoms with Crippen LogP contribution in [0.4, 0.5) is 17.1 Å². The Bertz CT molecular complexity index is 3500. The maximum absolute atomic E-state index is 2.57. The summed E-state index contributed by atoms with van der Waals surface area (Å²) >= 11 is 0. The number of rotatable bonds is 8. The van der Waals surface area contributed by atoms with Gasteiger partial charge in [0.2, 0.25) is 0 Å². The molecule has 8 aromatic carbocycles. The van der Waals surface area contributed by atoms with Crippen molar-refractivity contribution in [3.63, 3.8) is 0 Å². The lowest BCUT2D eigenvalue weighted by Crippen LogP contribution is -2.17. The molecule has 1 fully saturated rings. The van der Waals surface area contributed by atoms with Gasteiger partial charge in [-0.15, -0.1) is 0 Å². The van der Waals surface area contributed by atoms with Crippen molar-refractivity contribution in [2.75, 3.05) is 4.90 Å². The highest BCUT2D eigenvalue weighted by molar-refractivity contribution is 6.10. The van der Waals surface area contributed by atoms with Gasteiger partial charge in [0.1, 0.15) is 0 Å². The van der Waals surface area contributed by atoms with Crippen LogP contribution in [0.25, 0.3) is 43.8 Å². The molecule has 0 spiro atoms. The van der Waals surface area contributed by atoms with Gasteiger partial charge in [-0.1, -0.05) is 220 Å². The zero-order chi connectivity index (χ0) is 53.0. The van der Waals surface area contributed by atoms with Gasteiger partial charge in [-0.2, -0.15) is 0 Å². The van der Waals surface area contributed by atoms with Gasteiger partial charge in [-0.05, 0) is 201 Å². The zero-order valence-electron chi connectivity index (χ0n) is 47.3. The molecule has 8 aromatic rings. The molecular weight excluding hydrogens is 903 g/mol. The van der Waals surface area contributed by atoms with E-state index in [1.54, 1.807) is 0 Å². The molecular formula is C74H81N. The third-order valence-corrected chi connectivity index (χ3v) is 16.6. The number of hydrogen-bond donors (Lipinski definition) is 0. The van der Waals surface area contributed by atoms with Gasteiger partial charge in [-0.3, -0.25) is 0 Å². The van der Waals surface area contributed by atoms with Crippen LogP contribution in [0, 0.1) is 40.5 Å². The van der Waals surface area contributed by atoms with Crippen molar-refractivity contribution in [2.24, 2.45) is 5.92 Å². The summed E-state index contributed by atoms with van der Waals surface area (Å²) in [6.07, 6.45) is 17.9. The minimum atomic E-state index is -0.0979. The summed E-state index contributed by atoms with van der Waals surface area (Å²) in [5.41, 5.74) is 25.8. The van der Waals surface area contributed by atoms with E-state index in [2.05, 4.69) is 264 Å². The summed E-state index contributed by atoms with van der Waals surface area (Å²) in [4.78, 5) is 2.57. The molecule has 1 atom stereocenters. The maximum atomic E-state index is 2.57. The number of nitrogens with zero attached hydrogens (tertiary/aromatic N) is 1. The molecule has 0 radical (unpaired) electrons. The van der Waals surface area contributed by atoms with E-state index in [1.165, 1.54) is 160 Å². The lowest BCUT2D eigenvalue weighted by atomic mass is 9.81. The molecule has 11 rings (SSSR count). The first-order valence-corrected chi connectivity index (χ1v) is 28.1. The first-order chi connectivity index (χ1) is 36.2. The fourth-order valence-corrected chi connectivity index (χ4v) is 12.4. The van der Waals surface area contributed by atoms with Crippen LogP contribution in [-0.4, -0.2) is 0 Å². The van der Waals surface area contributed by atoms with E-state index in [0.29, 0.717) is 11.8 Å². The molecule has 0 N–H and O–H groups in total. The van der Waals surface area contributed by atoms with Crippen LogP contribution in [0.15, 0.2) is 187 Å². The van der Waals surface area contributed by atoms with E-state index in [-0.39, 0.29) is 5.41 Å². The normalized spacial score (nSPS) is 16.2.